The van der Waals surface area contributed by atoms with Crippen LogP contribution < -0.4 is 5.32 Å². The minimum Gasteiger partial charge on any atom is -0.317 e. The van der Waals surface area contributed by atoms with E-state index in [0.29, 0.717) is 0 Å². The van der Waals surface area contributed by atoms with Crippen LogP contribution in [0.1, 0.15) is 25.8 Å². The number of hydrogen-bond acceptors (Lipinski definition) is 1. The highest BCUT2D eigenvalue weighted by Crippen LogP contribution is 1.65. The summed E-state index contributed by atoms with van der Waals surface area (Å²) in [7, 11) is 0. The summed E-state index contributed by atoms with van der Waals surface area (Å²) in [4.78, 5) is 0. The molecule has 0 aromatic carbocycles. The first-order valence-corrected chi connectivity index (χ1v) is 2.06. The van der Waals surface area contributed by atoms with Crippen molar-refractivity contribution in [2.75, 3.05) is 13.0 Å². The van der Waals surface area contributed by atoms with E-state index in [0.717, 1.165) is 0 Å². The predicted octanol–water partition coefficient (Wildman–Crippen LogP) is 1.43. The zero-order valence-corrected chi connectivity index (χ0v) is 5.43. The molecule has 0 amide bonds. The van der Waals surface area contributed by atoms with Gasteiger partial charge in [0.05, 0.1) is 0 Å². The summed E-state index contributed by atoms with van der Waals surface area (Å²) in [6.07, 6.45) is 0.264. The van der Waals surface area contributed by atoms with Crippen LogP contribution >= 0.6 is 12.4 Å². The second-order valence-electron chi connectivity index (χ2n) is 0.905. The molecule has 2 heteroatoms. The third-order valence-corrected chi connectivity index (χ3v) is 0.390. The smallest absolute Gasteiger partial charge is 0.0428 e. The van der Waals surface area contributed by atoms with Crippen molar-refractivity contribution in [3.05, 3.63) is 0 Å². The minimum absolute atomic E-state index is 0. The monoisotopic (exact) mass is 127 g/mol. The zero-order valence-electron chi connectivity index (χ0n) is 8.62. The van der Waals surface area contributed by atoms with E-state index in [1.807, 2.05) is 0 Å². The third kappa shape index (κ3) is 10.7. The molecule has 0 rings (SSSR count). The van der Waals surface area contributed by atoms with E-state index in [2.05, 4.69) is 5.32 Å². The number of rotatable bonds is 3. The number of hydrogen-bond donors (Lipinski definition) is 1. The molecule has 0 aliphatic carbocycles. The van der Waals surface area contributed by atoms with Gasteiger partial charge in [-0.15, -0.1) is 12.4 Å². The molecule has 1 nitrogen and oxygen atoms in total. The van der Waals surface area contributed by atoms with Crippen LogP contribution in [0.25, 0.3) is 0 Å². The van der Waals surface area contributed by atoms with Gasteiger partial charge in [-0.2, -0.15) is 0 Å². The first-order valence-electron chi connectivity index (χ1n) is 4.06. The van der Waals surface area contributed by atoms with E-state index in [-0.39, 0.29) is 18.8 Å². The van der Waals surface area contributed by atoms with Crippen molar-refractivity contribution in [1.82, 2.24) is 5.32 Å². The fourth-order valence-electron chi connectivity index (χ4n) is 0.177. The summed E-state index contributed by atoms with van der Waals surface area (Å²) in [5, 5.41) is 2.21. The van der Waals surface area contributed by atoms with Crippen LogP contribution in [0.4, 0.5) is 0 Å². The second kappa shape index (κ2) is 9.54. The zero-order chi connectivity index (χ0) is 8.41. The van der Waals surface area contributed by atoms with Gasteiger partial charge in [0.25, 0.3) is 0 Å². The van der Waals surface area contributed by atoms with Gasteiger partial charge in [0.15, 0.2) is 0 Å². The highest BCUT2D eigenvalue weighted by Gasteiger charge is 1.71. The molecule has 0 heterocycles. The van der Waals surface area contributed by atoms with Crippen molar-refractivity contribution in [3.63, 3.8) is 0 Å². The van der Waals surface area contributed by atoms with Gasteiger partial charge in [0.1, 0.15) is 0 Å². The van der Waals surface area contributed by atoms with Crippen molar-refractivity contribution in [2.45, 2.75) is 20.3 Å². The van der Waals surface area contributed by atoms with E-state index in [4.69, 9.17) is 5.48 Å². The molecular weight excluding hydrogens is 110 g/mol. The van der Waals surface area contributed by atoms with Gasteiger partial charge in [-0.05, 0) is 19.4 Å². The molecule has 0 aromatic heterocycles. The molecule has 0 atom stereocenters. The normalized spacial score (nSPS) is 20.3. The molecule has 0 saturated carbocycles. The maximum atomic E-state index is 7.15. The molecule has 46 valence electrons. The summed E-state index contributed by atoms with van der Waals surface area (Å²) in [6, 6.07) is 0. The van der Waals surface area contributed by atoms with Crippen LogP contribution in [0, 0.1) is 0 Å². The van der Waals surface area contributed by atoms with E-state index in [1.165, 1.54) is 6.92 Å². The standard InChI is InChI=1S/C5H13N.ClH/c1-3-5-6-4-2;/h6H,3-5H2,1-2H3;1H/i4D2,5D2;. The SMILES string of the molecule is Cl.[2H]C([2H])(C)NC([2H])([2H])CC. The lowest BCUT2D eigenvalue weighted by atomic mass is 10.5. The second-order valence-corrected chi connectivity index (χ2v) is 0.905. The lowest BCUT2D eigenvalue weighted by Crippen LogP contribution is -2.12. The molecule has 0 aromatic rings. The van der Waals surface area contributed by atoms with Crippen molar-refractivity contribution in [2.24, 2.45) is 0 Å². The Labute approximate surface area is 57.5 Å². The Balaban J connectivity index is 0. The molecule has 0 aliphatic rings. The van der Waals surface area contributed by atoms with Gasteiger partial charge in [-0.1, -0.05) is 13.8 Å². The summed E-state index contributed by atoms with van der Waals surface area (Å²) in [5.41, 5.74) is 0. The summed E-state index contributed by atoms with van der Waals surface area (Å²) in [6.45, 7) is -0.281. The van der Waals surface area contributed by atoms with Gasteiger partial charge in [-0.3, -0.25) is 0 Å². The predicted molar refractivity (Wildman–Crippen MR) is 36.1 cm³/mol. The Morgan fingerprint density at radius 1 is 1.57 bits per heavy atom. The fraction of sp³-hybridized carbons (Fsp3) is 1.00. The maximum absolute atomic E-state index is 7.15. The van der Waals surface area contributed by atoms with Gasteiger partial charge in [0.2, 0.25) is 0 Å². The van der Waals surface area contributed by atoms with Crippen molar-refractivity contribution in [3.8, 4) is 0 Å². The van der Waals surface area contributed by atoms with Crippen LogP contribution in [-0.2, 0) is 0 Å². The molecule has 7 heavy (non-hydrogen) atoms. The molecule has 0 fully saturated rings. The number of nitrogens with one attached hydrogen (secondary N) is 1. The summed E-state index contributed by atoms with van der Waals surface area (Å²) >= 11 is 0. The fourth-order valence-corrected chi connectivity index (χ4v) is 0.177. The van der Waals surface area contributed by atoms with Crippen LogP contribution in [0.15, 0.2) is 0 Å². The molecule has 0 unspecified atom stereocenters. The Morgan fingerprint density at radius 2 is 2.14 bits per heavy atom. The molecular formula is C5H14ClN. The Kier molecular flexibility index (Phi) is 4.51. The van der Waals surface area contributed by atoms with Crippen molar-refractivity contribution in [1.29, 1.82) is 0 Å². The molecule has 0 bridgehead atoms. The van der Waals surface area contributed by atoms with Gasteiger partial charge in [-0.25, -0.2) is 0 Å². The quantitative estimate of drug-likeness (QED) is 0.605. The largest absolute Gasteiger partial charge is 0.317 e. The molecule has 1 N–H and O–H groups in total. The lowest BCUT2D eigenvalue weighted by molar-refractivity contribution is 0.703. The van der Waals surface area contributed by atoms with Crippen LogP contribution in [-0.4, -0.2) is 13.0 Å². The Hall–Kier alpha value is 0.250. The first kappa shape index (κ1) is 3.31. The van der Waals surface area contributed by atoms with Gasteiger partial charge < -0.3 is 5.32 Å². The maximum Gasteiger partial charge on any atom is 0.0428 e. The highest BCUT2D eigenvalue weighted by molar-refractivity contribution is 5.85. The molecule has 0 aliphatic heterocycles. The Bertz CT molecular complexity index is 112. The minimum atomic E-state index is -1.64. The van der Waals surface area contributed by atoms with Crippen LogP contribution in [0.2, 0.25) is 0 Å². The molecule has 0 saturated heterocycles. The summed E-state index contributed by atoms with van der Waals surface area (Å²) in [5.74, 6) is 0. The van der Waals surface area contributed by atoms with E-state index < -0.39 is 13.0 Å². The average Bonchev–Trinajstić information content (AvgIpc) is 1.60. The Morgan fingerprint density at radius 3 is 2.29 bits per heavy atom. The van der Waals surface area contributed by atoms with Crippen LogP contribution in [0.5, 0.6) is 0 Å². The van der Waals surface area contributed by atoms with Crippen molar-refractivity contribution < 1.29 is 5.48 Å². The third-order valence-electron chi connectivity index (χ3n) is 0.390. The van der Waals surface area contributed by atoms with Gasteiger partial charge >= 0.3 is 0 Å². The van der Waals surface area contributed by atoms with E-state index in [9.17, 15) is 0 Å². The van der Waals surface area contributed by atoms with Crippen LogP contribution in [0.3, 0.4) is 0 Å². The topological polar surface area (TPSA) is 12.0 Å². The van der Waals surface area contributed by atoms with E-state index in [1.54, 1.807) is 6.92 Å². The summed E-state index contributed by atoms with van der Waals surface area (Å²) < 4.78 is 28.3. The molecule has 0 radical (unpaired) electrons. The van der Waals surface area contributed by atoms with E-state index >= 15 is 0 Å². The molecule has 0 spiro atoms. The lowest BCUT2D eigenvalue weighted by Gasteiger charge is -1.91. The average molecular weight is 128 g/mol. The highest BCUT2D eigenvalue weighted by atomic mass is 35.5. The first-order chi connectivity index (χ1) is 4.27. The van der Waals surface area contributed by atoms with Crippen molar-refractivity contribution >= 4 is 12.4 Å². The van der Waals surface area contributed by atoms with Gasteiger partial charge in [0, 0.05) is 5.48 Å². The number of halogens is 1.